The van der Waals surface area contributed by atoms with Crippen LogP contribution in [-0.2, 0) is 16.9 Å². The lowest BCUT2D eigenvalue weighted by atomic mass is 9.82. The maximum atomic E-state index is 11.3. The summed E-state index contributed by atoms with van der Waals surface area (Å²) in [6.45, 7) is 0.424. The SMILES string of the molecule is COc1ccc(COC2CN(C(=O)[O-])CCC2(O)c2ccc(Cl)cc2)cc1. The minimum Gasteiger partial charge on any atom is -0.530 e. The van der Waals surface area contributed by atoms with Gasteiger partial charge in [0.05, 0.1) is 13.7 Å². The van der Waals surface area contributed by atoms with Crippen LogP contribution in [-0.4, -0.2) is 42.4 Å². The van der Waals surface area contributed by atoms with E-state index >= 15 is 0 Å². The molecule has 6 nitrogen and oxygen atoms in total. The molecule has 0 aromatic heterocycles. The van der Waals surface area contributed by atoms with Crippen molar-refractivity contribution in [2.24, 2.45) is 0 Å². The van der Waals surface area contributed by atoms with Gasteiger partial charge >= 0.3 is 0 Å². The molecule has 1 aliphatic rings. The molecule has 1 fully saturated rings. The molecule has 7 heteroatoms. The predicted molar refractivity (Wildman–Crippen MR) is 98.5 cm³/mol. The first kappa shape index (κ1) is 19.5. The summed E-state index contributed by atoms with van der Waals surface area (Å²) in [6.07, 6.45) is -1.81. The van der Waals surface area contributed by atoms with Crippen molar-refractivity contribution in [2.45, 2.75) is 24.7 Å². The Balaban J connectivity index is 1.80. The Morgan fingerprint density at radius 2 is 1.93 bits per heavy atom. The van der Waals surface area contributed by atoms with E-state index in [0.29, 0.717) is 10.6 Å². The van der Waals surface area contributed by atoms with E-state index in [1.807, 2.05) is 24.3 Å². The quantitative estimate of drug-likeness (QED) is 0.846. The number of ether oxygens (including phenoxy) is 2. The lowest BCUT2D eigenvalue weighted by molar-refractivity contribution is -0.272. The van der Waals surface area contributed by atoms with Crippen molar-refractivity contribution in [3.8, 4) is 5.75 Å². The number of carbonyl (C=O) groups excluding carboxylic acids is 1. The first-order valence-corrected chi connectivity index (χ1v) is 8.99. The molecule has 3 rings (SSSR count). The molecule has 0 spiro atoms. The van der Waals surface area contributed by atoms with Gasteiger partial charge in [0.15, 0.2) is 0 Å². The molecule has 0 aliphatic carbocycles. The molecule has 0 bridgehead atoms. The van der Waals surface area contributed by atoms with Crippen molar-refractivity contribution in [1.29, 1.82) is 0 Å². The smallest absolute Gasteiger partial charge is 0.137 e. The van der Waals surface area contributed by atoms with Crippen molar-refractivity contribution in [3.05, 3.63) is 64.7 Å². The van der Waals surface area contributed by atoms with Crippen LogP contribution in [0, 0.1) is 0 Å². The second kappa shape index (κ2) is 8.17. The van der Waals surface area contributed by atoms with Crippen molar-refractivity contribution >= 4 is 17.7 Å². The molecule has 2 atom stereocenters. The van der Waals surface area contributed by atoms with E-state index < -0.39 is 17.8 Å². The third kappa shape index (κ3) is 4.35. The highest BCUT2D eigenvalue weighted by molar-refractivity contribution is 6.30. The maximum Gasteiger partial charge on any atom is 0.137 e. The Bertz CT molecular complexity index is 780. The summed E-state index contributed by atoms with van der Waals surface area (Å²) in [4.78, 5) is 12.4. The Morgan fingerprint density at radius 1 is 1.26 bits per heavy atom. The Hall–Kier alpha value is -2.28. The number of halogens is 1. The number of carbonyl (C=O) groups is 1. The fraction of sp³-hybridized carbons (Fsp3) is 0.350. The van der Waals surface area contributed by atoms with Gasteiger partial charge in [-0.15, -0.1) is 0 Å². The summed E-state index contributed by atoms with van der Waals surface area (Å²) in [5.74, 6) is 0.734. The average Bonchev–Trinajstić information content (AvgIpc) is 2.68. The minimum absolute atomic E-state index is 0.0254. The maximum absolute atomic E-state index is 11.3. The molecule has 0 saturated carbocycles. The molecule has 0 radical (unpaired) electrons. The molecule has 1 amide bonds. The second-order valence-corrected chi connectivity index (χ2v) is 6.98. The number of aliphatic hydroxyl groups is 1. The topological polar surface area (TPSA) is 82.1 Å². The van der Waals surface area contributed by atoms with Crippen LogP contribution in [0.25, 0.3) is 0 Å². The van der Waals surface area contributed by atoms with Crippen LogP contribution >= 0.6 is 11.6 Å². The van der Waals surface area contributed by atoms with Crippen LogP contribution in [0.4, 0.5) is 4.79 Å². The summed E-state index contributed by atoms with van der Waals surface area (Å²) in [5.41, 5.74) is 0.215. The molecule has 1 heterocycles. The number of methoxy groups -OCH3 is 1. The molecule has 2 aromatic rings. The van der Waals surface area contributed by atoms with Gasteiger partial charge in [-0.25, -0.2) is 0 Å². The third-order valence-electron chi connectivity index (χ3n) is 4.89. The molecule has 1 aliphatic heterocycles. The molecule has 2 aromatic carbocycles. The number of rotatable bonds is 5. The summed E-state index contributed by atoms with van der Waals surface area (Å²) in [5, 5.41) is 23.2. The molecular weight excluding hydrogens is 370 g/mol. The molecule has 144 valence electrons. The summed E-state index contributed by atoms with van der Waals surface area (Å²) in [7, 11) is 1.59. The fourth-order valence-electron chi connectivity index (χ4n) is 3.25. The monoisotopic (exact) mass is 390 g/mol. The molecule has 2 unspecified atom stereocenters. The van der Waals surface area contributed by atoms with E-state index in [9.17, 15) is 15.0 Å². The summed E-state index contributed by atoms with van der Waals surface area (Å²) in [6, 6.07) is 14.2. The number of amides is 1. The van der Waals surface area contributed by atoms with Crippen LogP contribution in [0.15, 0.2) is 48.5 Å². The summed E-state index contributed by atoms with van der Waals surface area (Å²) < 4.78 is 11.1. The highest BCUT2D eigenvalue weighted by Crippen LogP contribution is 2.36. The number of likely N-dealkylation sites (tertiary alicyclic amines) is 1. The molecular formula is C20H21ClNO5-. The van der Waals surface area contributed by atoms with E-state index in [4.69, 9.17) is 21.1 Å². The Kier molecular flexibility index (Phi) is 5.89. The number of hydrogen-bond acceptors (Lipinski definition) is 5. The van der Waals surface area contributed by atoms with Crippen molar-refractivity contribution in [3.63, 3.8) is 0 Å². The first-order valence-electron chi connectivity index (χ1n) is 8.61. The zero-order valence-corrected chi connectivity index (χ0v) is 15.7. The standard InChI is InChI=1S/C20H22ClNO5/c1-26-17-8-2-14(3-9-17)13-27-18-12-22(19(23)24)11-10-20(18,25)15-4-6-16(21)7-5-15/h2-9,18,25H,10-13H2,1H3,(H,23,24)/p-1. The van der Waals surface area contributed by atoms with Gasteiger partial charge in [-0.3, -0.25) is 0 Å². The lowest BCUT2D eigenvalue weighted by Gasteiger charge is -2.45. The third-order valence-corrected chi connectivity index (χ3v) is 5.15. The number of nitrogens with zero attached hydrogens (tertiary/aromatic N) is 1. The van der Waals surface area contributed by atoms with Crippen molar-refractivity contribution in [1.82, 2.24) is 4.90 Å². The van der Waals surface area contributed by atoms with Crippen LogP contribution < -0.4 is 9.84 Å². The van der Waals surface area contributed by atoms with Gasteiger partial charge in [0.1, 0.15) is 23.5 Å². The number of hydrogen-bond donors (Lipinski definition) is 1. The van der Waals surface area contributed by atoms with E-state index in [0.717, 1.165) is 16.2 Å². The average molecular weight is 391 g/mol. The van der Waals surface area contributed by atoms with Gasteiger partial charge in [-0.1, -0.05) is 35.9 Å². The zero-order valence-electron chi connectivity index (χ0n) is 14.9. The normalized spacial score (nSPS) is 22.5. The first-order chi connectivity index (χ1) is 12.9. The van der Waals surface area contributed by atoms with Gasteiger partial charge in [0.2, 0.25) is 0 Å². The second-order valence-electron chi connectivity index (χ2n) is 6.54. The van der Waals surface area contributed by atoms with Crippen LogP contribution in [0.1, 0.15) is 17.5 Å². The number of benzene rings is 2. The summed E-state index contributed by atoms with van der Waals surface area (Å²) >= 11 is 5.95. The fourth-order valence-corrected chi connectivity index (χ4v) is 3.38. The van der Waals surface area contributed by atoms with E-state index in [1.54, 1.807) is 31.4 Å². The minimum atomic E-state index is -1.32. The van der Waals surface area contributed by atoms with Crippen LogP contribution in [0.2, 0.25) is 5.02 Å². The zero-order chi connectivity index (χ0) is 19.4. The molecule has 1 N–H and O–H groups in total. The van der Waals surface area contributed by atoms with E-state index in [2.05, 4.69) is 0 Å². The largest absolute Gasteiger partial charge is 0.530 e. The van der Waals surface area contributed by atoms with Crippen molar-refractivity contribution in [2.75, 3.05) is 20.2 Å². The van der Waals surface area contributed by atoms with Gasteiger partial charge < -0.3 is 29.4 Å². The molecule has 1 saturated heterocycles. The highest BCUT2D eigenvalue weighted by atomic mass is 35.5. The highest BCUT2D eigenvalue weighted by Gasteiger charge is 2.44. The number of carboxylic acid groups (broad SMARTS) is 1. The van der Waals surface area contributed by atoms with Crippen LogP contribution in [0.5, 0.6) is 5.75 Å². The van der Waals surface area contributed by atoms with E-state index in [-0.39, 0.29) is 26.1 Å². The van der Waals surface area contributed by atoms with Gasteiger partial charge in [0, 0.05) is 24.5 Å². The van der Waals surface area contributed by atoms with Gasteiger partial charge in [-0.05, 0) is 35.4 Å². The molecule has 27 heavy (non-hydrogen) atoms. The van der Waals surface area contributed by atoms with Crippen LogP contribution in [0.3, 0.4) is 0 Å². The van der Waals surface area contributed by atoms with Gasteiger partial charge in [-0.2, -0.15) is 0 Å². The van der Waals surface area contributed by atoms with Crippen molar-refractivity contribution < 1.29 is 24.5 Å². The predicted octanol–water partition coefficient (Wildman–Crippen LogP) is 2.17. The Morgan fingerprint density at radius 3 is 2.52 bits per heavy atom. The van der Waals surface area contributed by atoms with E-state index in [1.165, 1.54) is 0 Å². The van der Waals surface area contributed by atoms with Gasteiger partial charge in [0.25, 0.3) is 0 Å². The lowest BCUT2D eigenvalue weighted by Crippen LogP contribution is -2.58. The number of piperidine rings is 1. The Labute approximate surface area is 162 Å².